The molecule has 0 unspecified atom stereocenters. The average molecular weight is 323 g/mol. The highest BCUT2D eigenvalue weighted by Crippen LogP contribution is 2.33. The highest BCUT2D eigenvalue weighted by atomic mass is 79.9. The van der Waals surface area contributed by atoms with Crippen molar-refractivity contribution in [3.8, 4) is 0 Å². The Morgan fingerprint density at radius 3 is 2.61 bits per heavy atom. The van der Waals surface area contributed by atoms with Crippen molar-refractivity contribution in [1.29, 1.82) is 0 Å². The first-order valence-electron chi connectivity index (χ1n) is 5.57. The highest BCUT2D eigenvalue weighted by molar-refractivity contribution is 9.10. The van der Waals surface area contributed by atoms with Crippen LogP contribution in [0.1, 0.15) is 5.56 Å². The molecule has 0 spiro atoms. The summed E-state index contributed by atoms with van der Waals surface area (Å²) in [6.45, 7) is 2.01. The van der Waals surface area contributed by atoms with E-state index in [0.717, 1.165) is 27.1 Å². The van der Waals surface area contributed by atoms with E-state index in [1.165, 1.54) is 4.90 Å². The standard InChI is InChI=1S/C14H15BrN2S/c1-9-7-13(10(15)8-11(9)16)17-12-5-3-4-6-14(12)18-2/h3-8,17H,16H2,1-2H3. The van der Waals surface area contributed by atoms with E-state index in [4.69, 9.17) is 5.73 Å². The molecule has 0 atom stereocenters. The fourth-order valence-electron chi connectivity index (χ4n) is 1.69. The third-order valence-corrected chi connectivity index (χ3v) is 4.18. The summed E-state index contributed by atoms with van der Waals surface area (Å²) in [5, 5.41) is 3.44. The fourth-order valence-corrected chi connectivity index (χ4v) is 2.70. The molecule has 0 fully saturated rings. The lowest BCUT2D eigenvalue weighted by molar-refractivity contribution is 1.39. The molecule has 2 aromatic carbocycles. The molecule has 4 heteroatoms. The van der Waals surface area contributed by atoms with E-state index in [2.05, 4.69) is 45.7 Å². The van der Waals surface area contributed by atoms with Gasteiger partial charge in [0.1, 0.15) is 0 Å². The Morgan fingerprint density at radius 1 is 1.17 bits per heavy atom. The van der Waals surface area contributed by atoms with Gasteiger partial charge in [0.15, 0.2) is 0 Å². The maximum Gasteiger partial charge on any atom is 0.0533 e. The Labute approximate surface area is 120 Å². The SMILES string of the molecule is CSc1ccccc1Nc1cc(C)c(N)cc1Br. The summed E-state index contributed by atoms with van der Waals surface area (Å²) < 4.78 is 0.974. The largest absolute Gasteiger partial charge is 0.398 e. The number of nitrogens with one attached hydrogen (secondary N) is 1. The van der Waals surface area contributed by atoms with E-state index in [9.17, 15) is 0 Å². The molecule has 0 radical (unpaired) electrons. The monoisotopic (exact) mass is 322 g/mol. The van der Waals surface area contributed by atoms with Gasteiger partial charge in [-0.25, -0.2) is 0 Å². The van der Waals surface area contributed by atoms with Crippen molar-refractivity contribution in [2.45, 2.75) is 11.8 Å². The molecule has 0 heterocycles. The lowest BCUT2D eigenvalue weighted by Crippen LogP contribution is -1.96. The van der Waals surface area contributed by atoms with Crippen LogP contribution in [-0.4, -0.2) is 6.26 Å². The Morgan fingerprint density at radius 2 is 1.89 bits per heavy atom. The molecule has 0 saturated carbocycles. The van der Waals surface area contributed by atoms with Gasteiger partial charge in [0.25, 0.3) is 0 Å². The molecule has 0 aliphatic rings. The Balaban J connectivity index is 2.37. The van der Waals surface area contributed by atoms with Gasteiger partial charge >= 0.3 is 0 Å². The summed E-state index contributed by atoms with van der Waals surface area (Å²) in [7, 11) is 0. The van der Waals surface area contributed by atoms with Gasteiger partial charge < -0.3 is 11.1 Å². The van der Waals surface area contributed by atoms with Gasteiger partial charge in [-0.3, -0.25) is 0 Å². The van der Waals surface area contributed by atoms with E-state index in [-0.39, 0.29) is 0 Å². The fraction of sp³-hybridized carbons (Fsp3) is 0.143. The normalized spacial score (nSPS) is 10.4. The van der Waals surface area contributed by atoms with Gasteiger partial charge in [0, 0.05) is 15.1 Å². The van der Waals surface area contributed by atoms with Crippen molar-refractivity contribution in [2.24, 2.45) is 0 Å². The number of nitrogen functional groups attached to an aromatic ring is 1. The number of nitrogens with two attached hydrogens (primary N) is 1. The molecule has 0 aliphatic carbocycles. The van der Waals surface area contributed by atoms with Crippen LogP contribution in [-0.2, 0) is 0 Å². The van der Waals surface area contributed by atoms with Gasteiger partial charge in [-0.2, -0.15) is 0 Å². The zero-order valence-corrected chi connectivity index (χ0v) is 12.7. The third-order valence-electron chi connectivity index (χ3n) is 2.73. The molecule has 94 valence electrons. The molecular formula is C14H15BrN2S. The van der Waals surface area contributed by atoms with Crippen LogP contribution >= 0.6 is 27.7 Å². The lowest BCUT2D eigenvalue weighted by Gasteiger charge is -2.13. The van der Waals surface area contributed by atoms with Crippen LogP contribution < -0.4 is 11.1 Å². The third kappa shape index (κ3) is 2.82. The molecule has 0 aromatic heterocycles. The molecule has 2 rings (SSSR count). The van der Waals surface area contributed by atoms with Crippen molar-refractivity contribution in [3.63, 3.8) is 0 Å². The van der Waals surface area contributed by atoms with Crippen LogP contribution in [0.5, 0.6) is 0 Å². The lowest BCUT2D eigenvalue weighted by atomic mass is 10.2. The Hall–Kier alpha value is -1.13. The van der Waals surface area contributed by atoms with Crippen LogP contribution in [0.2, 0.25) is 0 Å². The maximum absolute atomic E-state index is 5.88. The second-order valence-corrected chi connectivity index (χ2v) is 5.72. The Bertz CT molecular complexity index is 570. The number of hydrogen-bond acceptors (Lipinski definition) is 3. The molecule has 2 aromatic rings. The number of hydrogen-bond donors (Lipinski definition) is 2. The zero-order chi connectivity index (χ0) is 13.1. The molecule has 0 aliphatic heterocycles. The number of halogens is 1. The number of thioether (sulfide) groups is 1. The van der Waals surface area contributed by atoms with Crippen LogP contribution in [0.4, 0.5) is 17.1 Å². The smallest absolute Gasteiger partial charge is 0.0533 e. The Kier molecular flexibility index (Phi) is 4.19. The van der Waals surface area contributed by atoms with E-state index in [1.54, 1.807) is 11.8 Å². The predicted octanol–water partition coefficient (Wildman–Crippen LogP) is 4.81. The molecule has 3 N–H and O–H groups in total. The van der Waals surface area contributed by atoms with E-state index >= 15 is 0 Å². The van der Waals surface area contributed by atoms with Gasteiger partial charge in [0.05, 0.1) is 11.4 Å². The maximum atomic E-state index is 5.88. The summed E-state index contributed by atoms with van der Waals surface area (Å²) >= 11 is 5.26. The van der Waals surface area contributed by atoms with Gasteiger partial charge in [0.2, 0.25) is 0 Å². The van der Waals surface area contributed by atoms with Crippen LogP contribution in [0.15, 0.2) is 45.8 Å². The second kappa shape index (κ2) is 5.67. The van der Waals surface area contributed by atoms with Gasteiger partial charge in [-0.1, -0.05) is 12.1 Å². The quantitative estimate of drug-likeness (QED) is 0.629. The van der Waals surface area contributed by atoms with Gasteiger partial charge in [-0.05, 0) is 58.9 Å². The molecule has 0 saturated heterocycles. The topological polar surface area (TPSA) is 38.0 Å². The van der Waals surface area contributed by atoms with E-state index in [1.807, 2.05) is 25.1 Å². The number of rotatable bonds is 3. The number of aryl methyl sites for hydroxylation is 1. The summed E-state index contributed by atoms with van der Waals surface area (Å²) in [6, 6.07) is 12.2. The summed E-state index contributed by atoms with van der Waals surface area (Å²) in [5.41, 5.74) is 9.88. The molecule has 18 heavy (non-hydrogen) atoms. The van der Waals surface area contributed by atoms with E-state index < -0.39 is 0 Å². The first-order chi connectivity index (χ1) is 8.61. The number of para-hydroxylation sites is 1. The van der Waals surface area contributed by atoms with Crippen molar-refractivity contribution < 1.29 is 0 Å². The molecule has 2 nitrogen and oxygen atoms in total. The molecule has 0 bridgehead atoms. The second-order valence-electron chi connectivity index (χ2n) is 4.01. The van der Waals surface area contributed by atoms with Crippen LogP contribution in [0, 0.1) is 6.92 Å². The minimum Gasteiger partial charge on any atom is -0.398 e. The van der Waals surface area contributed by atoms with Gasteiger partial charge in [-0.15, -0.1) is 11.8 Å². The predicted molar refractivity (Wildman–Crippen MR) is 84.8 cm³/mol. The highest BCUT2D eigenvalue weighted by Gasteiger charge is 2.06. The first-order valence-corrected chi connectivity index (χ1v) is 7.59. The van der Waals surface area contributed by atoms with Crippen LogP contribution in [0.3, 0.4) is 0 Å². The number of anilines is 3. The minimum atomic E-state index is 0.797. The minimum absolute atomic E-state index is 0.797. The zero-order valence-electron chi connectivity index (χ0n) is 10.3. The summed E-state index contributed by atoms with van der Waals surface area (Å²) in [4.78, 5) is 1.22. The van der Waals surface area contributed by atoms with Crippen molar-refractivity contribution >= 4 is 44.8 Å². The summed E-state index contributed by atoms with van der Waals surface area (Å²) in [6.07, 6.45) is 2.07. The summed E-state index contributed by atoms with van der Waals surface area (Å²) in [5.74, 6) is 0. The molecule has 0 amide bonds. The van der Waals surface area contributed by atoms with E-state index in [0.29, 0.717) is 0 Å². The first kappa shape index (κ1) is 13.3. The molecular weight excluding hydrogens is 308 g/mol. The number of benzene rings is 2. The van der Waals surface area contributed by atoms with Crippen molar-refractivity contribution in [3.05, 3.63) is 46.4 Å². The van der Waals surface area contributed by atoms with Crippen molar-refractivity contribution in [1.82, 2.24) is 0 Å². The van der Waals surface area contributed by atoms with Crippen LogP contribution in [0.25, 0.3) is 0 Å². The van der Waals surface area contributed by atoms with Crippen molar-refractivity contribution in [2.75, 3.05) is 17.3 Å². The average Bonchev–Trinajstić information content (AvgIpc) is 2.36.